The van der Waals surface area contributed by atoms with Crippen LogP contribution in [-0.4, -0.2) is 45.8 Å². The summed E-state index contributed by atoms with van der Waals surface area (Å²) in [5, 5.41) is 8.78. The highest BCUT2D eigenvalue weighted by Crippen LogP contribution is 2.32. The monoisotopic (exact) mass is 326 g/mol. The zero-order chi connectivity index (χ0) is 16.7. The van der Waals surface area contributed by atoms with E-state index in [-0.39, 0.29) is 11.9 Å². The lowest BCUT2D eigenvalue weighted by Gasteiger charge is -2.47. The molecule has 3 heterocycles. The number of para-hydroxylation sites is 1. The Balaban J connectivity index is 1.55. The predicted octanol–water partition coefficient (Wildman–Crippen LogP) is 2.80. The van der Waals surface area contributed by atoms with E-state index in [2.05, 4.69) is 29.3 Å². The maximum Gasteiger partial charge on any atom is 0.272 e. The number of aromatic nitrogens is 2. The first kappa shape index (κ1) is 15.6. The summed E-state index contributed by atoms with van der Waals surface area (Å²) in [5.41, 5.74) is 1.60. The number of fused-ring (bicyclic) bond motifs is 3. The fraction of sp³-hybridized carbons (Fsp3) is 0.579. The minimum atomic E-state index is -0.0222. The molecular weight excluding hydrogens is 300 g/mol. The highest BCUT2D eigenvalue weighted by molar-refractivity contribution is 6.04. The van der Waals surface area contributed by atoms with Crippen LogP contribution in [0, 0.1) is 0 Å². The number of hydrogen-bond acceptors (Lipinski definition) is 3. The number of piperidine rings is 2. The first-order chi connectivity index (χ1) is 11.7. The molecule has 2 saturated heterocycles. The minimum Gasteiger partial charge on any atom is -0.348 e. The van der Waals surface area contributed by atoms with E-state index in [4.69, 9.17) is 0 Å². The first-order valence-electron chi connectivity index (χ1n) is 9.15. The van der Waals surface area contributed by atoms with Crippen molar-refractivity contribution in [3.8, 4) is 0 Å². The van der Waals surface area contributed by atoms with Gasteiger partial charge in [0.1, 0.15) is 0 Å². The molecule has 0 radical (unpaired) electrons. The molecule has 1 amide bonds. The average Bonchev–Trinajstić information content (AvgIpc) is 2.95. The normalized spacial score (nSPS) is 27.3. The summed E-state index contributed by atoms with van der Waals surface area (Å²) < 4.78 is 1.91. The predicted molar refractivity (Wildman–Crippen MR) is 95.1 cm³/mol. The zero-order valence-corrected chi connectivity index (χ0v) is 14.5. The van der Waals surface area contributed by atoms with Gasteiger partial charge in [0.15, 0.2) is 5.69 Å². The highest BCUT2D eigenvalue weighted by Gasteiger charge is 2.36. The van der Waals surface area contributed by atoms with Crippen molar-refractivity contribution in [2.45, 2.75) is 63.7 Å². The van der Waals surface area contributed by atoms with Crippen LogP contribution in [0.15, 0.2) is 24.3 Å². The van der Waals surface area contributed by atoms with Crippen molar-refractivity contribution in [1.82, 2.24) is 20.0 Å². The minimum absolute atomic E-state index is 0.0222. The molecular formula is C19H26N4O. The molecule has 1 N–H and O–H groups in total. The lowest BCUT2D eigenvalue weighted by molar-refractivity contribution is 0.0462. The molecule has 2 bridgehead atoms. The van der Waals surface area contributed by atoms with Gasteiger partial charge in [-0.3, -0.25) is 9.48 Å². The van der Waals surface area contributed by atoms with Gasteiger partial charge in [-0.15, -0.1) is 0 Å². The van der Waals surface area contributed by atoms with Gasteiger partial charge in [0.05, 0.1) is 5.52 Å². The number of benzene rings is 1. The standard InChI is InChI=1S/C19H26N4O/c1-3-23-17-10-5-4-9-16(17)18(21-23)19(24)20-13-11-14-7-6-8-15(12-13)22(14)2/h4-5,9-10,13-15H,3,6-8,11-12H2,1-2H3,(H,20,24)/t13?,14-,15+. The van der Waals surface area contributed by atoms with Gasteiger partial charge in [0, 0.05) is 30.1 Å². The molecule has 2 aliphatic rings. The number of rotatable bonds is 3. The van der Waals surface area contributed by atoms with Crippen LogP contribution in [-0.2, 0) is 6.54 Å². The third-order valence-electron chi connectivity index (χ3n) is 5.85. The molecule has 1 aromatic carbocycles. The zero-order valence-electron chi connectivity index (χ0n) is 14.5. The summed E-state index contributed by atoms with van der Waals surface area (Å²) >= 11 is 0. The Hall–Kier alpha value is -1.88. The largest absolute Gasteiger partial charge is 0.348 e. The van der Waals surface area contributed by atoms with E-state index in [1.54, 1.807) is 0 Å². The number of nitrogens with zero attached hydrogens (tertiary/aromatic N) is 3. The number of carbonyl (C=O) groups is 1. The molecule has 0 aliphatic carbocycles. The number of aryl methyl sites for hydroxylation is 1. The third-order valence-corrected chi connectivity index (χ3v) is 5.85. The van der Waals surface area contributed by atoms with Gasteiger partial charge >= 0.3 is 0 Å². The quantitative estimate of drug-likeness (QED) is 0.943. The Labute approximate surface area is 143 Å². The molecule has 5 nitrogen and oxygen atoms in total. The van der Waals surface area contributed by atoms with Crippen molar-refractivity contribution >= 4 is 16.8 Å². The topological polar surface area (TPSA) is 50.2 Å². The molecule has 2 fully saturated rings. The summed E-state index contributed by atoms with van der Waals surface area (Å²) in [5.74, 6) is -0.0222. The molecule has 5 heteroatoms. The maximum absolute atomic E-state index is 12.9. The van der Waals surface area contributed by atoms with E-state index in [9.17, 15) is 4.79 Å². The van der Waals surface area contributed by atoms with Crippen LogP contribution in [0.3, 0.4) is 0 Å². The smallest absolute Gasteiger partial charge is 0.272 e. The molecule has 0 saturated carbocycles. The van der Waals surface area contributed by atoms with E-state index >= 15 is 0 Å². The van der Waals surface area contributed by atoms with Crippen molar-refractivity contribution in [2.24, 2.45) is 0 Å². The van der Waals surface area contributed by atoms with Crippen molar-refractivity contribution in [3.05, 3.63) is 30.0 Å². The van der Waals surface area contributed by atoms with Gasteiger partial charge in [-0.2, -0.15) is 5.10 Å². The maximum atomic E-state index is 12.9. The van der Waals surface area contributed by atoms with Crippen molar-refractivity contribution in [3.63, 3.8) is 0 Å². The summed E-state index contributed by atoms with van der Waals surface area (Å²) in [4.78, 5) is 15.4. The fourth-order valence-electron chi connectivity index (χ4n) is 4.52. The summed E-state index contributed by atoms with van der Waals surface area (Å²) in [7, 11) is 2.24. The molecule has 2 aromatic rings. The SMILES string of the molecule is CCn1nc(C(=O)NC2C[C@H]3CCC[C@@H](C2)N3C)c2ccccc21. The Bertz CT molecular complexity index is 739. The molecule has 1 aromatic heterocycles. The first-order valence-corrected chi connectivity index (χ1v) is 9.15. The van der Waals surface area contributed by atoms with Gasteiger partial charge in [-0.05, 0) is 45.7 Å². The lowest BCUT2D eigenvalue weighted by atomic mass is 9.82. The van der Waals surface area contributed by atoms with Gasteiger partial charge in [-0.1, -0.05) is 24.6 Å². The number of amides is 1. The van der Waals surface area contributed by atoms with E-state index in [1.165, 1.54) is 19.3 Å². The summed E-state index contributed by atoms with van der Waals surface area (Å²) in [6, 6.07) is 9.50. The van der Waals surface area contributed by atoms with E-state index in [0.717, 1.165) is 30.3 Å². The van der Waals surface area contributed by atoms with Crippen molar-refractivity contribution in [1.29, 1.82) is 0 Å². The van der Waals surface area contributed by atoms with Crippen LogP contribution >= 0.6 is 0 Å². The number of nitrogens with one attached hydrogen (secondary N) is 1. The van der Waals surface area contributed by atoms with Gasteiger partial charge in [0.25, 0.3) is 5.91 Å². The van der Waals surface area contributed by atoms with Gasteiger partial charge in [0.2, 0.25) is 0 Å². The number of hydrogen-bond donors (Lipinski definition) is 1. The number of carbonyl (C=O) groups excluding carboxylic acids is 1. The molecule has 0 spiro atoms. The highest BCUT2D eigenvalue weighted by atomic mass is 16.2. The molecule has 24 heavy (non-hydrogen) atoms. The Morgan fingerprint density at radius 3 is 2.67 bits per heavy atom. The fourth-order valence-corrected chi connectivity index (χ4v) is 4.52. The third kappa shape index (κ3) is 2.61. The van der Waals surface area contributed by atoms with Crippen LogP contribution in [0.4, 0.5) is 0 Å². The molecule has 3 atom stereocenters. The van der Waals surface area contributed by atoms with Crippen molar-refractivity contribution in [2.75, 3.05) is 7.05 Å². The van der Waals surface area contributed by atoms with E-state index in [0.29, 0.717) is 17.8 Å². The van der Waals surface area contributed by atoms with E-state index in [1.807, 2.05) is 28.9 Å². The second-order valence-corrected chi connectivity index (χ2v) is 7.23. The Kier molecular flexibility index (Phi) is 4.04. The second kappa shape index (κ2) is 6.20. The molecule has 1 unspecified atom stereocenters. The van der Waals surface area contributed by atoms with Crippen molar-refractivity contribution < 1.29 is 4.79 Å². The van der Waals surface area contributed by atoms with Crippen LogP contribution < -0.4 is 5.32 Å². The Morgan fingerprint density at radius 1 is 1.25 bits per heavy atom. The van der Waals surface area contributed by atoms with E-state index < -0.39 is 0 Å². The van der Waals surface area contributed by atoms with Gasteiger partial charge < -0.3 is 10.2 Å². The van der Waals surface area contributed by atoms with Crippen LogP contribution in [0.1, 0.15) is 49.5 Å². The Morgan fingerprint density at radius 2 is 1.96 bits per heavy atom. The van der Waals surface area contributed by atoms with Gasteiger partial charge in [-0.25, -0.2) is 0 Å². The summed E-state index contributed by atoms with van der Waals surface area (Å²) in [6.07, 6.45) is 5.96. The van der Waals surface area contributed by atoms with Crippen LogP contribution in [0.2, 0.25) is 0 Å². The second-order valence-electron chi connectivity index (χ2n) is 7.23. The average molecular weight is 326 g/mol. The molecule has 2 aliphatic heterocycles. The van der Waals surface area contributed by atoms with Crippen LogP contribution in [0.25, 0.3) is 10.9 Å². The molecule has 128 valence electrons. The van der Waals surface area contributed by atoms with Crippen LogP contribution in [0.5, 0.6) is 0 Å². The summed E-state index contributed by atoms with van der Waals surface area (Å²) in [6.45, 7) is 2.82. The lowest BCUT2D eigenvalue weighted by Crippen LogP contribution is -2.55. The molecule has 4 rings (SSSR count).